The highest BCUT2D eigenvalue weighted by atomic mass is 35.5. The average Bonchev–Trinajstić information content (AvgIpc) is 2.43. The Morgan fingerprint density at radius 2 is 1.63 bits per heavy atom. The summed E-state index contributed by atoms with van der Waals surface area (Å²) in [5.41, 5.74) is 2.07. The highest BCUT2D eigenvalue weighted by Crippen LogP contribution is 2.22. The van der Waals surface area contributed by atoms with Crippen LogP contribution >= 0.6 is 23.2 Å². The van der Waals surface area contributed by atoms with E-state index < -0.39 is 0 Å². The van der Waals surface area contributed by atoms with Gasteiger partial charge in [0.1, 0.15) is 0 Å². The molecule has 98 valence electrons. The summed E-state index contributed by atoms with van der Waals surface area (Å²) >= 11 is 12.2. The molecule has 2 aromatic carbocycles. The smallest absolute Gasteiger partial charge is 0.0508 e. The SMILES string of the molecule is C[C@H](CN=Cc1c(Cl)cccc1Cl)c1ccccc1. The Hall–Kier alpha value is -1.31. The van der Waals surface area contributed by atoms with Crippen LogP contribution in [-0.4, -0.2) is 12.8 Å². The van der Waals surface area contributed by atoms with E-state index in [-0.39, 0.29) is 0 Å². The van der Waals surface area contributed by atoms with Gasteiger partial charge in [-0.1, -0.05) is 66.5 Å². The summed E-state index contributed by atoms with van der Waals surface area (Å²) in [6, 6.07) is 15.8. The number of hydrogen-bond acceptors (Lipinski definition) is 1. The summed E-state index contributed by atoms with van der Waals surface area (Å²) < 4.78 is 0. The Morgan fingerprint density at radius 1 is 1.00 bits per heavy atom. The maximum absolute atomic E-state index is 6.09. The minimum absolute atomic E-state index is 0.374. The third kappa shape index (κ3) is 3.82. The standard InChI is InChI=1S/C16H15Cl2N/c1-12(13-6-3-2-4-7-13)10-19-11-14-15(17)8-5-9-16(14)18/h2-9,11-12H,10H2,1H3/t12-/m1/s1. The molecule has 2 rings (SSSR count). The predicted octanol–water partition coefficient (Wildman–Crippen LogP) is 5.22. The molecule has 1 atom stereocenters. The van der Waals surface area contributed by atoms with Crippen molar-refractivity contribution in [2.45, 2.75) is 12.8 Å². The van der Waals surface area contributed by atoms with Gasteiger partial charge in [-0.25, -0.2) is 0 Å². The molecule has 0 aromatic heterocycles. The second-order valence-electron chi connectivity index (χ2n) is 4.44. The van der Waals surface area contributed by atoms with E-state index in [0.717, 1.165) is 5.56 Å². The lowest BCUT2D eigenvalue weighted by atomic mass is 10.0. The van der Waals surface area contributed by atoms with E-state index in [2.05, 4.69) is 24.0 Å². The molecule has 0 radical (unpaired) electrons. The maximum atomic E-state index is 6.09. The molecule has 1 nitrogen and oxygen atoms in total. The van der Waals surface area contributed by atoms with Gasteiger partial charge in [0.15, 0.2) is 0 Å². The second-order valence-corrected chi connectivity index (χ2v) is 5.26. The van der Waals surface area contributed by atoms with Crippen molar-refractivity contribution in [1.29, 1.82) is 0 Å². The van der Waals surface area contributed by atoms with Gasteiger partial charge in [-0.2, -0.15) is 0 Å². The van der Waals surface area contributed by atoms with E-state index >= 15 is 0 Å². The van der Waals surface area contributed by atoms with Crippen LogP contribution in [0.3, 0.4) is 0 Å². The molecular formula is C16H15Cl2N. The Labute approximate surface area is 123 Å². The molecule has 0 N–H and O–H groups in total. The lowest BCUT2D eigenvalue weighted by Crippen LogP contribution is -1.98. The van der Waals surface area contributed by atoms with Gasteiger partial charge < -0.3 is 0 Å². The van der Waals surface area contributed by atoms with Crippen molar-refractivity contribution < 1.29 is 0 Å². The van der Waals surface area contributed by atoms with Crippen LogP contribution in [-0.2, 0) is 0 Å². The molecule has 0 amide bonds. The van der Waals surface area contributed by atoms with E-state index in [9.17, 15) is 0 Å². The molecule has 0 fully saturated rings. The van der Waals surface area contributed by atoms with Gasteiger partial charge in [0.2, 0.25) is 0 Å². The van der Waals surface area contributed by atoms with Crippen LogP contribution in [0.25, 0.3) is 0 Å². The molecule has 0 aliphatic heterocycles. The topological polar surface area (TPSA) is 12.4 Å². The van der Waals surface area contributed by atoms with Crippen molar-refractivity contribution in [3.8, 4) is 0 Å². The second kappa shape index (κ2) is 6.74. The van der Waals surface area contributed by atoms with Gasteiger partial charge in [0, 0.05) is 24.2 Å². The van der Waals surface area contributed by atoms with Crippen LogP contribution in [0.4, 0.5) is 0 Å². The van der Waals surface area contributed by atoms with E-state index in [4.69, 9.17) is 23.2 Å². The maximum Gasteiger partial charge on any atom is 0.0508 e. The molecule has 0 unspecified atom stereocenters. The Morgan fingerprint density at radius 3 is 2.26 bits per heavy atom. The van der Waals surface area contributed by atoms with E-state index in [1.807, 2.05) is 36.4 Å². The first-order valence-electron chi connectivity index (χ1n) is 6.17. The number of aliphatic imine (C=N–C) groups is 1. The Bertz CT molecular complexity index is 544. The molecular weight excluding hydrogens is 277 g/mol. The lowest BCUT2D eigenvalue weighted by Gasteiger charge is -2.08. The van der Waals surface area contributed by atoms with Crippen LogP contribution in [0.1, 0.15) is 24.0 Å². The Balaban J connectivity index is 2.04. The van der Waals surface area contributed by atoms with Crippen LogP contribution in [0.5, 0.6) is 0 Å². The molecule has 0 heterocycles. The lowest BCUT2D eigenvalue weighted by molar-refractivity contribution is 0.778. The van der Waals surface area contributed by atoms with Gasteiger partial charge in [-0.05, 0) is 17.7 Å². The zero-order chi connectivity index (χ0) is 13.7. The molecule has 0 saturated carbocycles. The van der Waals surface area contributed by atoms with Crippen LogP contribution < -0.4 is 0 Å². The zero-order valence-corrected chi connectivity index (χ0v) is 12.2. The van der Waals surface area contributed by atoms with Crippen molar-refractivity contribution in [3.63, 3.8) is 0 Å². The minimum atomic E-state index is 0.374. The average molecular weight is 292 g/mol. The monoisotopic (exact) mass is 291 g/mol. The quantitative estimate of drug-likeness (QED) is 0.685. The molecule has 0 spiro atoms. The molecule has 19 heavy (non-hydrogen) atoms. The number of rotatable bonds is 4. The summed E-state index contributed by atoms with van der Waals surface area (Å²) in [5.74, 6) is 0.374. The van der Waals surface area contributed by atoms with Crippen LogP contribution in [0, 0.1) is 0 Å². The normalized spacial score (nSPS) is 12.8. The highest BCUT2D eigenvalue weighted by Gasteiger charge is 2.04. The third-order valence-corrected chi connectivity index (χ3v) is 3.63. The molecule has 3 heteroatoms. The summed E-state index contributed by atoms with van der Waals surface area (Å²) in [5, 5.41) is 1.26. The van der Waals surface area contributed by atoms with E-state index in [0.29, 0.717) is 22.5 Å². The first-order valence-corrected chi connectivity index (χ1v) is 6.93. The molecule has 0 aliphatic rings. The predicted molar refractivity (Wildman–Crippen MR) is 83.8 cm³/mol. The van der Waals surface area contributed by atoms with Gasteiger partial charge >= 0.3 is 0 Å². The van der Waals surface area contributed by atoms with Gasteiger partial charge in [-0.3, -0.25) is 4.99 Å². The van der Waals surface area contributed by atoms with Crippen LogP contribution in [0.15, 0.2) is 53.5 Å². The van der Waals surface area contributed by atoms with Crippen molar-refractivity contribution in [2.75, 3.05) is 6.54 Å². The number of nitrogens with zero attached hydrogens (tertiary/aromatic N) is 1. The first-order chi connectivity index (χ1) is 9.18. The fraction of sp³-hybridized carbons (Fsp3) is 0.188. The van der Waals surface area contributed by atoms with Gasteiger partial charge in [0.05, 0.1) is 10.0 Å². The minimum Gasteiger partial charge on any atom is -0.292 e. The summed E-state index contributed by atoms with van der Waals surface area (Å²) in [7, 11) is 0. The van der Waals surface area contributed by atoms with Crippen LogP contribution in [0.2, 0.25) is 10.0 Å². The summed E-state index contributed by atoms with van der Waals surface area (Å²) in [4.78, 5) is 4.45. The highest BCUT2D eigenvalue weighted by molar-refractivity contribution is 6.38. The molecule has 0 saturated heterocycles. The van der Waals surface area contributed by atoms with Crippen molar-refractivity contribution in [3.05, 3.63) is 69.7 Å². The fourth-order valence-corrected chi connectivity index (χ4v) is 2.32. The van der Waals surface area contributed by atoms with Crippen molar-refractivity contribution in [2.24, 2.45) is 4.99 Å². The molecule has 0 aliphatic carbocycles. The largest absolute Gasteiger partial charge is 0.292 e. The summed E-state index contributed by atoms with van der Waals surface area (Å²) in [6.45, 7) is 2.87. The fourth-order valence-electron chi connectivity index (χ4n) is 1.82. The number of benzene rings is 2. The zero-order valence-electron chi connectivity index (χ0n) is 10.7. The van der Waals surface area contributed by atoms with E-state index in [1.165, 1.54) is 5.56 Å². The Kier molecular flexibility index (Phi) is 5.00. The third-order valence-electron chi connectivity index (χ3n) is 2.97. The first kappa shape index (κ1) is 14.1. The molecule has 0 bridgehead atoms. The number of hydrogen-bond donors (Lipinski definition) is 0. The van der Waals surface area contributed by atoms with Crippen molar-refractivity contribution in [1.82, 2.24) is 0 Å². The van der Waals surface area contributed by atoms with Crippen molar-refractivity contribution >= 4 is 29.4 Å². The van der Waals surface area contributed by atoms with Gasteiger partial charge in [0.25, 0.3) is 0 Å². The van der Waals surface area contributed by atoms with Gasteiger partial charge in [-0.15, -0.1) is 0 Å². The summed E-state index contributed by atoms with van der Waals surface area (Å²) in [6.07, 6.45) is 1.75. The van der Waals surface area contributed by atoms with E-state index in [1.54, 1.807) is 6.21 Å². The number of halogens is 2. The molecule has 2 aromatic rings.